The van der Waals surface area contributed by atoms with Gasteiger partial charge < -0.3 is 10.4 Å². The summed E-state index contributed by atoms with van der Waals surface area (Å²) in [6, 6.07) is 0.933. The zero-order valence-electron chi connectivity index (χ0n) is 9.50. The van der Waals surface area contributed by atoms with E-state index in [1.54, 1.807) is 0 Å². The molecule has 1 aliphatic rings. The molecule has 0 aromatic carbocycles. The number of aliphatic hydroxyl groups is 1. The van der Waals surface area contributed by atoms with Crippen molar-refractivity contribution in [1.82, 2.24) is 10.2 Å². The van der Waals surface area contributed by atoms with E-state index in [4.69, 9.17) is 5.11 Å². The lowest BCUT2D eigenvalue weighted by Gasteiger charge is -2.28. The molecule has 3 heteroatoms. The van der Waals surface area contributed by atoms with E-state index in [2.05, 4.69) is 24.1 Å². The lowest BCUT2D eigenvalue weighted by molar-refractivity contribution is 0.170. The second-order valence-corrected chi connectivity index (χ2v) is 4.32. The molecule has 1 fully saturated rings. The van der Waals surface area contributed by atoms with Crippen LogP contribution in [-0.2, 0) is 0 Å². The van der Waals surface area contributed by atoms with E-state index in [-0.39, 0.29) is 12.6 Å². The van der Waals surface area contributed by atoms with Gasteiger partial charge in [-0.1, -0.05) is 13.3 Å². The van der Waals surface area contributed by atoms with E-state index >= 15 is 0 Å². The van der Waals surface area contributed by atoms with E-state index in [0.717, 1.165) is 13.1 Å². The van der Waals surface area contributed by atoms with Gasteiger partial charge in [0.05, 0.1) is 6.61 Å². The Balaban J connectivity index is 2.41. The summed E-state index contributed by atoms with van der Waals surface area (Å²) in [5.41, 5.74) is 0. The van der Waals surface area contributed by atoms with Crippen LogP contribution in [0.4, 0.5) is 0 Å². The number of hydrogen-bond acceptors (Lipinski definition) is 3. The van der Waals surface area contributed by atoms with Gasteiger partial charge in [0.1, 0.15) is 0 Å². The van der Waals surface area contributed by atoms with Crippen molar-refractivity contribution >= 4 is 0 Å². The van der Waals surface area contributed by atoms with Crippen LogP contribution in [0, 0.1) is 0 Å². The minimum absolute atomic E-state index is 0.259. The largest absolute Gasteiger partial charge is 0.395 e. The Labute approximate surface area is 87.5 Å². The van der Waals surface area contributed by atoms with Crippen LogP contribution in [0.3, 0.4) is 0 Å². The molecule has 0 radical (unpaired) electrons. The molecule has 84 valence electrons. The molecule has 1 aliphatic heterocycles. The highest BCUT2D eigenvalue weighted by Gasteiger charge is 2.21. The fourth-order valence-electron chi connectivity index (χ4n) is 2.00. The number of hydrogen-bond donors (Lipinski definition) is 2. The molecule has 0 aromatic rings. The quantitative estimate of drug-likeness (QED) is 0.705. The zero-order valence-corrected chi connectivity index (χ0v) is 9.50. The highest BCUT2D eigenvalue weighted by atomic mass is 16.3. The van der Waals surface area contributed by atoms with Gasteiger partial charge in [0.2, 0.25) is 0 Å². The Hall–Kier alpha value is -0.120. The fraction of sp³-hybridized carbons (Fsp3) is 1.00. The normalized spacial score (nSPS) is 30.2. The first-order valence-electron chi connectivity index (χ1n) is 5.86. The predicted molar refractivity (Wildman–Crippen MR) is 59.4 cm³/mol. The van der Waals surface area contributed by atoms with Crippen molar-refractivity contribution in [2.75, 3.05) is 26.2 Å². The minimum Gasteiger partial charge on any atom is -0.395 e. The number of aliphatic hydroxyl groups excluding tert-OH is 1. The molecule has 2 N–H and O–H groups in total. The third-order valence-corrected chi connectivity index (χ3v) is 3.09. The van der Waals surface area contributed by atoms with Gasteiger partial charge in [0.25, 0.3) is 0 Å². The zero-order chi connectivity index (χ0) is 10.4. The van der Waals surface area contributed by atoms with Crippen LogP contribution in [-0.4, -0.2) is 48.3 Å². The summed E-state index contributed by atoms with van der Waals surface area (Å²) in [4.78, 5) is 2.50. The van der Waals surface area contributed by atoms with E-state index in [9.17, 15) is 0 Å². The van der Waals surface area contributed by atoms with Crippen molar-refractivity contribution < 1.29 is 5.11 Å². The number of rotatable bonds is 4. The van der Waals surface area contributed by atoms with Gasteiger partial charge in [-0.05, 0) is 32.9 Å². The van der Waals surface area contributed by atoms with Crippen LogP contribution in [0.15, 0.2) is 0 Å². The summed E-state index contributed by atoms with van der Waals surface area (Å²) in [6.07, 6.45) is 3.71. The summed E-state index contributed by atoms with van der Waals surface area (Å²) >= 11 is 0. The third kappa shape index (κ3) is 3.56. The average molecular weight is 200 g/mol. The van der Waals surface area contributed by atoms with Crippen LogP contribution in [0.2, 0.25) is 0 Å². The second kappa shape index (κ2) is 6.38. The topological polar surface area (TPSA) is 35.5 Å². The Morgan fingerprint density at radius 3 is 2.93 bits per heavy atom. The van der Waals surface area contributed by atoms with Crippen molar-refractivity contribution in [1.29, 1.82) is 0 Å². The number of nitrogens with one attached hydrogen (secondary N) is 1. The summed E-state index contributed by atoms with van der Waals surface area (Å²) in [5, 5.41) is 12.5. The molecular weight excluding hydrogens is 176 g/mol. The van der Waals surface area contributed by atoms with Gasteiger partial charge in [0.15, 0.2) is 0 Å². The Kier molecular flexibility index (Phi) is 5.45. The van der Waals surface area contributed by atoms with Crippen molar-refractivity contribution in [2.24, 2.45) is 0 Å². The summed E-state index contributed by atoms with van der Waals surface area (Å²) in [5.74, 6) is 0. The van der Waals surface area contributed by atoms with E-state index < -0.39 is 0 Å². The maximum Gasteiger partial charge on any atom is 0.0597 e. The smallest absolute Gasteiger partial charge is 0.0597 e. The Morgan fingerprint density at radius 2 is 2.29 bits per heavy atom. The monoisotopic (exact) mass is 200 g/mol. The molecule has 0 aliphatic carbocycles. The van der Waals surface area contributed by atoms with Gasteiger partial charge >= 0.3 is 0 Å². The van der Waals surface area contributed by atoms with Crippen LogP contribution in [0.25, 0.3) is 0 Å². The predicted octanol–water partition coefficient (Wildman–Crippen LogP) is 0.831. The maximum absolute atomic E-state index is 9.16. The average Bonchev–Trinajstić information content (AvgIpc) is 2.37. The SMILES string of the molecule is CCCCN1CC(CO)NCCC1C. The van der Waals surface area contributed by atoms with Crippen LogP contribution >= 0.6 is 0 Å². The molecule has 14 heavy (non-hydrogen) atoms. The highest BCUT2D eigenvalue weighted by molar-refractivity contribution is 4.80. The molecule has 0 bridgehead atoms. The van der Waals surface area contributed by atoms with E-state index in [1.165, 1.54) is 25.8 Å². The lowest BCUT2D eigenvalue weighted by Crippen LogP contribution is -2.42. The van der Waals surface area contributed by atoms with Gasteiger partial charge in [-0.15, -0.1) is 0 Å². The molecule has 0 saturated carbocycles. The van der Waals surface area contributed by atoms with Crippen LogP contribution in [0.5, 0.6) is 0 Å². The first kappa shape index (κ1) is 12.0. The van der Waals surface area contributed by atoms with Crippen molar-refractivity contribution in [3.05, 3.63) is 0 Å². The van der Waals surface area contributed by atoms with Crippen molar-refractivity contribution in [2.45, 2.75) is 45.2 Å². The molecule has 0 aromatic heterocycles. The molecule has 3 nitrogen and oxygen atoms in total. The van der Waals surface area contributed by atoms with Gasteiger partial charge in [-0.2, -0.15) is 0 Å². The third-order valence-electron chi connectivity index (χ3n) is 3.09. The minimum atomic E-state index is 0.259. The molecule has 0 amide bonds. The molecule has 1 saturated heterocycles. The highest BCUT2D eigenvalue weighted by Crippen LogP contribution is 2.09. The van der Waals surface area contributed by atoms with Gasteiger partial charge in [-0.25, -0.2) is 0 Å². The standard InChI is InChI=1S/C11H24N2O/c1-3-4-7-13-8-11(9-14)12-6-5-10(13)2/h10-12,14H,3-9H2,1-2H3. The van der Waals surface area contributed by atoms with Crippen LogP contribution in [0.1, 0.15) is 33.1 Å². The first-order valence-corrected chi connectivity index (χ1v) is 5.86. The molecule has 2 atom stereocenters. The second-order valence-electron chi connectivity index (χ2n) is 4.32. The lowest BCUT2D eigenvalue weighted by atomic mass is 10.2. The number of unbranched alkanes of at least 4 members (excludes halogenated alkanes) is 1. The molecule has 0 spiro atoms. The summed E-state index contributed by atoms with van der Waals surface area (Å²) in [7, 11) is 0. The molecule has 1 rings (SSSR count). The molecular formula is C11H24N2O. The fourth-order valence-corrected chi connectivity index (χ4v) is 2.00. The maximum atomic E-state index is 9.16. The first-order chi connectivity index (χ1) is 6.77. The van der Waals surface area contributed by atoms with Crippen molar-refractivity contribution in [3.63, 3.8) is 0 Å². The molecule has 2 unspecified atom stereocenters. The summed E-state index contributed by atoms with van der Waals surface area (Å²) in [6.45, 7) is 7.99. The molecule has 1 heterocycles. The van der Waals surface area contributed by atoms with E-state index in [0.29, 0.717) is 6.04 Å². The summed E-state index contributed by atoms with van der Waals surface area (Å²) < 4.78 is 0. The van der Waals surface area contributed by atoms with Gasteiger partial charge in [0, 0.05) is 18.6 Å². The van der Waals surface area contributed by atoms with Gasteiger partial charge in [-0.3, -0.25) is 4.90 Å². The van der Waals surface area contributed by atoms with E-state index in [1.807, 2.05) is 0 Å². The Bertz CT molecular complexity index is 152. The van der Waals surface area contributed by atoms with Crippen LogP contribution < -0.4 is 5.32 Å². The van der Waals surface area contributed by atoms with Crippen molar-refractivity contribution in [3.8, 4) is 0 Å². The number of nitrogens with zero attached hydrogens (tertiary/aromatic N) is 1. The Morgan fingerprint density at radius 1 is 1.50 bits per heavy atom.